The Balaban J connectivity index is 1.71. The zero-order valence-corrected chi connectivity index (χ0v) is 10.5. The van der Waals surface area contributed by atoms with Crippen LogP contribution in [0.4, 0.5) is 0 Å². The Labute approximate surface area is 99.3 Å². The van der Waals surface area contributed by atoms with Crippen LogP contribution in [-0.4, -0.2) is 12.6 Å². The van der Waals surface area contributed by atoms with E-state index in [1.807, 2.05) is 0 Å². The number of hydrogen-bond acceptors (Lipinski definition) is 1. The maximum absolute atomic E-state index is 3.56. The molecule has 1 aliphatic rings. The summed E-state index contributed by atoms with van der Waals surface area (Å²) in [5.41, 5.74) is 2.92. The fraction of sp³-hybridized carbons (Fsp3) is 0.600. The highest BCUT2D eigenvalue weighted by atomic mass is 14.9. The predicted molar refractivity (Wildman–Crippen MR) is 69.9 cm³/mol. The van der Waals surface area contributed by atoms with Gasteiger partial charge in [0.15, 0.2) is 0 Å². The second-order valence-corrected chi connectivity index (χ2v) is 5.23. The summed E-state index contributed by atoms with van der Waals surface area (Å²) in [5.74, 6) is 0.644. The summed E-state index contributed by atoms with van der Waals surface area (Å²) in [4.78, 5) is 0. The van der Waals surface area contributed by atoms with Crippen LogP contribution in [0.5, 0.6) is 0 Å². The van der Waals surface area contributed by atoms with Crippen LogP contribution in [0.1, 0.15) is 50.2 Å². The molecule has 1 saturated carbocycles. The smallest absolute Gasteiger partial charge is 0.00682 e. The van der Waals surface area contributed by atoms with E-state index in [4.69, 9.17) is 0 Å². The Hall–Kier alpha value is -0.820. The lowest BCUT2D eigenvalue weighted by atomic mass is 10.0. The average molecular weight is 217 g/mol. The topological polar surface area (TPSA) is 12.0 Å². The molecule has 0 radical (unpaired) electrons. The van der Waals surface area contributed by atoms with Gasteiger partial charge in [0.05, 0.1) is 0 Å². The Morgan fingerprint density at radius 1 is 1.19 bits per heavy atom. The SMILES string of the molecule is CC(C)c1ccc(CCCNC2CC2)cc1. The third-order valence-electron chi connectivity index (χ3n) is 3.30. The number of aryl methyl sites for hydroxylation is 1. The van der Waals surface area contributed by atoms with Gasteiger partial charge in [-0.3, -0.25) is 0 Å². The first-order valence-electron chi connectivity index (χ1n) is 6.58. The minimum atomic E-state index is 0.644. The van der Waals surface area contributed by atoms with Gasteiger partial charge in [0, 0.05) is 6.04 Å². The first-order valence-corrected chi connectivity index (χ1v) is 6.58. The molecule has 0 amide bonds. The van der Waals surface area contributed by atoms with Gasteiger partial charge in [-0.05, 0) is 49.3 Å². The third kappa shape index (κ3) is 3.64. The molecule has 0 unspecified atom stereocenters. The highest BCUT2D eigenvalue weighted by Crippen LogP contribution is 2.18. The van der Waals surface area contributed by atoms with E-state index in [-0.39, 0.29) is 0 Å². The van der Waals surface area contributed by atoms with Crippen LogP contribution in [0.3, 0.4) is 0 Å². The second-order valence-electron chi connectivity index (χ2n) is 5.23. The van der Waals surface area contributed by atoms with Crippen LogP contribution in [-0.2, 0) is 6.42 Å². The molecule has 1 aromatic rings. The van der Waals surface area contributed by atoms with Gasteiger partial charge in [-0.2, -0.15) is 0 Å². The molecule has 2 rings (SSSR count). The molecule has 1 fully saturated rings. The monoisotopic (exact) mass is 217 g/mol. The average Bonchev–Trinajstić information content (AvgIpc) is 3.09. The van der Waals surface area contributed by atoms with Gasteiger partial charge in [0.2, 0.25) is 0 Å². The standard InChI is InChI=1S/C15H23N/c1-12(2)14-7-5-13(6-8-14)4-3-11-16-15-9-10-15/h5-8,12,15-16H,3-4,9-11H2,1-2H3. The van der Waals surface area contributed by atoms with E-state index in [9.17, 15) is 0 Å². The molecule has 88 valence electrons. The number of hydrogen-bond donors (Lipinski definition) is 1. The van der Waals surface area contributed by atoms with Gasteiger partial charge in [0.25, 0.3) is 0 Å². The summed E-state index contributed by atoms with van der Waals surface area (Å²) in [7, 11) is 0. The maximum atomic E-state index is 3.56. The number of nitrogens with one attached hydrogen (secondary N) is 1. The summed E-state index contributed by atoms with van der Waals surface area (Å²) in [6.07, 6.45) is 5.25. The molecule has 0 aliphatic heterocycles. The van der Waals surface area contributed by atoms with Gasteiger partial charge in [-0.1, -0.05) is 38.1 Å². The molecule has 0 spiro atoms. The summed E-state index contributed by atoms with van der Waals surface area (Å²) in [5, 5.41) is 3.56. The maximum Gasteiger partial charge on any atom is 0.00682 e. The van der Waals surface area contributed by atoms with Crippen molar-refractivity contribution in [3.05, 3.63) is 35.4 Å². The molecule has 0 aromatic heterocycles. The molecule has 0 heterocycles. The summed E-state index contributed by atoms with van der Waals surface area (Å²) in [6, 6.07) is 9.96. The van der Waals surface area contributed by atoms with Crippen molar-refractivity contribution in [2.45, 2.75) is 51.5 Å². The van der Waals surface area contributed by atoms with Gasteiger partial charge >= 0.3 is 0 Å². The largest absolute Gasteiger partial charge is 0.314 e. The van der Waals surface area contributed by atoms with Crippen LogP contribution < -0.4 is 5.32 Å². The van der Waals surface area contributed by atoms with Gasteiger partial charge < -0.3 is 5.32 Å². The van der Waals surface area contributed by atoms with E-state index in [0.717, 1.165) is 6.04 Å². The lowest BCUT2D eigenvalue weighted by Crippen LogP contribution is -2.17. The highest BCUT2D eigenvalue weighted by molar-refractivity contribution is 5.24. The Morgan fingerprint density at radius 3 is 2.44 bits per heavy atom. The first-order chi connectivity index (χ1) is 7.75. The van der Waals surface area contributed by atoms with Crippen molar-refractivity contribution < 1.29 is 0 Å². The molecule has 0 atom stereocenters. The van der Waals surface area contributed by atoms with E-state index in [0.29, 0.717) is 5.92 Å². The van der Waals surface area contributed by atoms with E-state index in [1.54, 1.807) is 0 Å². The van der Waals surface area contributed by atoms with Crippen molar-refractivity contribution in [1.29, 1.82) is 0 Å². The van der Waals surface area contributed by atoms with Gasteiger partial charge in [0.1, 0.15) is 0 Å². The Morgan fingerprint density at radius 2 is 1.88 bits per heavy atom. The molecule has 1 nitrogen and oxygen atoms in total. The number of rotatable bonds is 6. The van der Waals surface area contributed by atoms with Crippen LogP contribution in [0, 0.1) is 0 Å². The molecular formula is C15H23N. The molecule has 1 N–H and O–H groups in total. The molecular weight excluding hydrogens is 194 g/mol. The lowest BCUT2D eigenvalue weighted by molar-refractivity contribution is 0.645. The highest BCUT2D eigenvalue weighted by Gasteiger charge is 2.19. The van der Waals surface area contributed by atoms with E-state index >= 15 is 0 Å². The minimum Gasteiger partial charge on any atom is -0.314 e. The molecule has 0 saturated heterocycles. The van der Waals surface area contributed by atoms with E-state index in [2.05, 4.69) is 43.4 Å². The lowest BCUT2D eigenvalue weighted by Gasteiger charge is -2.07. The third-order valence-corrected chi connectivity index (χ3v) is 3.30. The van der Waals surface area contributed by atoms with Gasteiger partial charge in [-0.15, -0.1) is 0 Å². The fourth-order valence-electron chi connectivity index (χ4n) is 1.96. The van der Waals surface area contributed by atoms with Crippen molar-refractivity contribution in [3.8, 4) is 0 Å². The summed E-state index contributed by atoms with van der Waals surface area (Å²) < 4.78 is 0. The Bertz CT molecular complexity index is 309. The quantitative estimate of drug-likeness (QED) is 0.719. The zero-order valence-electron chi connectivity index (χ0n) is 10.5. The Kier molecular flexibility index (Phi) is 4.00. The van der Waals surface area contributed by atoms with Crippen LogP contribution >= 0.6 is 0 Å². The van der Waals surface area contributed by atoms with E-state index < -0.39 is 0 Å². The molecule has 1 heteroatoms. The molecule has 16 heavy (non-hydrogen) atoms. The summed E-state index contributed by atoms with van der Waals surface area (Å²) in [6.45, 7) is 5.67. The molecule has 1 aliphatic carbocycles. The fourth-order valence-corrected chi connectivity index (χ4v) is 1.96. The van der Waals surface area contributed by atoms with Crippen LogP contribution in [0.2, 0.25) is 0 Å². The van der Waals surface area contributed by atoms with E-state index in [1.165, 1.54) is 43.4 Å². The van der Waals surface area contributed by atoms with Crippen molar-refractivity contribution >= 4 is 0 Å². The summed E-state index contributed by atoms with van der Waals surface area (Å²) >= 11 is 0. The van der Waals surface area contributed by atoms with Crippen molar-refractivity contribution in [2.24, 2.45) is 0 Å². The predicted octanol–water partition coefficient (Wildman–Crippen LogP) is 3.49. The normalized spacial score (nSPS) is 15.7. The van der Waals surface area contributed by atoms with Gasteiger partial charge in [-0.25, -0.2) is 0 Å². The van der Waals surface area contributed by atoms with Crippen molar-refractivity contribution in [3.63, 3.8) is 0 Å². The van der Waals surface area contributed by atoms with Crippen LogP contribution in [0.25, 0.3) is 0 Å². The minimum absolute atomic E-state index is 0.644. The second kappa shape index (κ2) is 5.49. The number of benzene rings is 1. The van der Waals surface area contributed by atoms with Crippen molar-refractivity contribution in [2.75, 3.05) is 6.54 Å². The molecule has 0 bridgehead atoms. The first kappa shape index (κ1) is 11.7. The molecule has 1 aromatic carbocycles. The van der Waals surface area contributed by atoms with Crippen molar-refractivity contribution in [1.82, 2.24) is 5.32 Å². The van der Waals surface area contributed by atoms with Crippen LogP contribution in [0.15, 0.2) is 24.3 Å². The zero-order chi connectivity index (χ0) is 11.4.